The Labute approximate surface area is 207 Å². The number of carbonyl (C=O) groups is 1. The molecule has 0 aromatic heterocycles. The summed E-state index contributed by atoms with van der Waals surface area (Å²) < 4.78 is 25.7. The van der Waals surface area contributed by atoms with E-state index in [0.717, 1.165) is 60.1 Å². The Morgan fingerprint density at radius 3 is 2.14 bits per heavy atom. The maximum atomic E-state index is 15.1. The summed E-state index contributed by atoms with van der Waals surface area (Å²) in [6, 6.07) is 19.5. The lowest BCUT2D eigenvalue weighted by atomic mass is 9.93. The standard InChI is InChI=1S/C30H35FO4/c1-3-25-20-23(6-5-17-32)11-15-27(25)28-16-12-24(21-29(28)31)8-7-22-9-13-26(14-10-22)34-18-19-35-30(33)4-2/h9-16,20-21,32H,3-8,17-19H2,1-2H3. The van der Waals surface area contributed by atoms with Gasteiger partial charge in [0.15, 0.2) is 0 Å². The fourth-order valence-electron chi connectivity index (χ4n) is 4.03. The van der Waals surface area contributed by atoms with Gasteiger partial charge in [-0.15, -0.1) is 0 Å². The van der Waals surface area contributed by atoms with Gasteiger partial charge in [0.2, 0.25) is 0 Å². The fourth-order valence-corrected chi connectivity index (χ4v) is 4.03. The number of hydrogen-bond donors (Lipinski definition) is 1. The molecule has 0 fully saturated rings. The van der Waals surface area contributed by atoms with Crippen molar-refractivity contribution in [3.05, 3.63) is 88.7 Å². The molecule has 0 atom stereocenters. The van der Waals surface area contributed by atoms with Crippen molar-refractivity contribution in [3.8, 4) is 16.9 Å². The topological polar surface area (TPSA) is 55.8 Å². The van der Waals surface area contributed by atoms with Crippen LogP contribution < -0.4 is 4.74 Å². The molecule has 0 radical (unpaired) electrons. The third-order valence-corrected chi connectivity index (χ3v) is 6.03. The molecule has 0 aliphatic carbocycles. The molecule has 0 amide bonds. The first-order valence-corrected chi connectivity index (χ1v) is 12.4. The lowest BCUT2D eigenvalue weighted by molar-refractivity contribution is -0.143. The lowest BCUT2D eigenvalue weighted by Crippen LogP contribution is -2.11. The molecule has 0 bridgehead atoms. The van der Waals surface area contributed by atoms with Gasteiger partial charge >= 0.3 is 5.97 Å². The predicted molar refractivity (Wildman–Crippen MR) is 137 cm³/mol. The molecule has 5 heteroatoms. The van der Waals surface area contributed by atoms with Gasteiger partial charge in [0.1, 0.15) is 24.8 Å². The molecule has 0 saturated carbocycles. The van der Waals surface area contributed by atoms with E-state index in [1.54, 1.807) is 13.0 Å². The molecule has 0 heterocycles. The molecule has 0 saturated heterocycles. The number of rotatable bonds is 13. The highest BCUT2D eigenvalue weighted by atomic mass is 19.1. The van der Waals surface area contributed by atoms with Crippen LogP contribution in [0.3, 0.4) is 0 Å². The minimum Gasteiger partial charge on any atom is -0.490 e. The van der Waals surface area contributed by atoms with Gasteiger partial charge < -0.3 is 14.6 Å². The summed E-state index contributed by atoms with van der Waals surface area (Å²) >= 11 is 0. The van der Waals surface area contributed by atoms with Gasteiger partial charge in [-0.1, -0.05) is 56.3 Å². The molecule has 3 aromatic carbocycles. The van der Waals surface area contributed by atoms with Crippen LogP contribution in [0.25, 0.3) is 11.1 Å². The maximum Gasteiger partial charge on any atom is 0.305 e. The van der Waals surface area contributed by atoms with Crippen LogP contribution in [-0.2, 0) is 35.2 Å². The molecular formula is C30H35FO4. The van der Waals surface area contributed by atoms with Gasteiger partial charge in [-0.05, 0) is 78.1 Å². The van der Waals surface area contributed by atoms with Crippen LogP contribution in [0, 0.1) is 5.82 Å². The van der Waals surface area contributed by atoms with E-state index in [-0.39, 0.29) is 25.0 Å². The minimum absolute atomic E-state index is 0.176. The van der Waals surface area contributed by atoms with Crippen molar-refractivity contribution in [2.75, 3.05) is 19.8 Å². The van der Waals surface area contributed by atoms with E-state index in [1.807, 2.05) is 48.5 Å². The van der Waals surface area contributed by atoms with E-state index < -0.39 is 0 Å². The SMILES string of the molecule is CCC(=O)OCCOc1ccc(CCc2ccc(-c3ccc(CCCO)cc3CC)c(F)c2)cc1. The average Bonchev–Trinajstić information content (AvgIpc) is 2.89. The molecule has 3 aromatic rings. The normalized spacial score (nSPS) is 10.9. The highest BCUT2D eigenvalue weighted by Crippen LogP contribution is 2.29. The quantitative estimate of drug-likeness (QED) is 0.238. The number of aliphatic hydroxyl groups excluding tert-OH is 1. The van der Waals surface area contributed by atoms with Crippen LogP contribution in [0.2, 0.25) is 0 Å². The Morgan fingerprint density at radius 2 is 1.49 bits per heavy atom. The Balaban J connectivity index is 1.57. The Hall–Kier alpha value is -3.18. The third-order valence-electron chi connectivity index (χ3n) is 6.03. The van der Waals surface area contributed by atoms with Gasteiger partial charge in [-0.25, -0.2) is 4.39 Å². The second-order valence-electron chi connectivity index (χ2n) is 8.55. The van der Waals surface area contributed by atoms with Crippen molar-refractivity contribution in [2.24, 2.45) is 0 Å². The molecule has 0 aliphatic heterocycles. The summed E-state index contributed by atoms with van der Waals surface area (Å²) in [5.41, 5.74) is 5.97. The Morgan fingerprint density at radius 1 is 0.829 bits per heavy atom. The first kappa shape index (κ1) is 26.4. The van der Waals surface area contributed by atoms with Crippen molar-refractivity contribution in [3.63, 3.8) is 0 Å². The molecule has 186 valence electrons. The van der Waals surface area contributed by atoms with Crippen LogP contribution in [0.1, 0.15) is 48.9 Å². The summed E-state index contributed by atoms with van der Waals surface area (Å²) in [5, 5.41) is 9.07. The summed E-state index contributed by atoms with van der Waals surface area (Å²) in [5.74, 6) is 0.296. The average molecular weight is 479 g/mol. The van der Waals surface area contributed by atoms with E-state index in [4.69, 9.17) is 14.6 Å². The van der Waals surface area contributed by atoms with Crippen LogP contribution >= 0.6 is 0 Å². The molecule has 4 nitrogen and oxygen atoms in total. The number of esters is 1. The number of aryl methyl sites for hydroxylation is 4. The van der Waals surface area contributed by atoms with Crippen molar-refractivity contribution in [1.29, 1.82) is 0 Å². The zero-order valence-corrected chi connectivity index (χ0v) is 20.7. The maximum absolute atomic E-state index is 15.1. The number of halogens is 1. The highest BCUT2D eigenvalue weighted by molar-refractivity contribution is 5.69. The molecule has 1 N–H and O–H groups in total. The first-order chi connectivity index (χ1) is 17.0. The molecular weight excluding hydrogens is 443 g/mol. The first-order valence-electron chi connectivity index (χ1n) is 12.4. The number of carbonyl (C=O) groups excluding carboxylic acids is 1. The summed E-state index contributed by atoms with van der Waals surface area (Å²) in [4.78, 5) is 11.1. The zero-order valence-electron chi connectivity index (χ0n) is 20.7. The summed E-state index contributed by atoms with van der Waals surface area (Å²) in [7, 11) is 0. The zero-order chi connectivity index (χ0) is 25.0. The van der Waals surface area contributed by atoms with E-state index in [0.29, 0.717) is 18.6 Å². The van der Waals surface area contributed by atoms with Crippen molar-refractivity contribution < 1.29 is 23.8 Å². The van der Waals surface area contributed by atoms with E-state index in [2.05, 4.69) is 13.0 Å². The Kier molecular flexibility index (Phi) is 10.3. The van der Waals surface area contributed by atoms with Crippen molar-refractivity contribution >= 4 is 5.97 Å². The van der Waals surface area contributed by atoms with Crippen molar-refractivity contribution in [1.82, 2.24) is 0 Å². The number of hydrogen-bond acceptors (Lipinski definition) is 4. The van der Waals surface area contributed by atoms with Gasteiger partial charge in [0, 0.05) is 18.6 Å². The molecule has 35 heavy (non-hydrogen) atoms. The number of ether oxygens (including phenoxy) is 2. The van der Waals surface area contributed by atoms with E-state index in [9.17, 15) is 4.79 Å². The van der Waals surface area contributed by atoms with E-state index in [1.165, 1.54) is 5.56 Å². The monoisotopic (exact) mass is 478 g/mol. The van der Waals surface area contributed by atoms with Crippen LogP contribution in [0.4, 0.5) is 4.39 Å². The molecule has 0 unspecified atom stereocenters. The third kappa shape index (κ3) is 7.93. The fraction of sp³-hybridized carbons (Fsp3) is 0.367. The van der Waals surface area contributed by atoms with Crippen LogP contribution in [-0.4, -0.2) is 30.9 Å². The van der Waals surface area contributed by atoms with Gasteiger partial charge in [0.25, 0.3) is 0 Å². The van der Waals surface area contributed by atoms with Crippen LogP contribution in [0.5, 0.6) is 5.75 Å². The molecule has 0 aliphatic rings. The van der Waals surface area contributed by atoms with Crippen molar-refractivity contribution in [2.45, 2.75) is 52.4 Å². The molecule has 0 spiro atoms. The van der Waals surface area contributed by atoms with E-state index >= 15 is 4.39 Å². The van der Waals surface area contributed by atoms with Crippen LogP contribution in [0.15, 0.2) is 60.7 Å². The highest BCUT2D eigenvalue weighted by Gasteiger charge is 2.11. The van der Waals surface area contributed by atoms with Gasteiger partial charge in [-0.2, -0.15) is 0 Å². The Bertz CT molecular complexity index is 1090. The smallest absolute Gasteiger partial charge is 0.305 e. The van der Waals surface area contributed by atoms with Gasteiger partial charge in [-0.3, -0.25) is 4.79 Å². The second kappa shape index (κ2) is 13.6. The lowest BCUT2D eigenvalue weighted by Gasteiger charge is -2.13. The molecule has 3 rings (SSSR count). The number of benzene rings is 3. The summed E-state index contributed by atoms with van der Waals surface area (Å²) in [6.07, 6.45) is 4.29. The predicted octanol–water partition coefficient (Wildman–Crippen LogP) is 6.10. The summed E-state index contributed by atoms with van der Waals surface area (Å²) in [6.45, 7) is 4.58. The second-order valence-corrected chi connectivity index (χ2v) is 8.55. The largest absolute Gasteiger partial charge is 0.490 e. The number of aliphatic hydroxyl groups is 1. The van der Waals surface area contributed by atoms with Gasteiger partial charge in [0.05, 0.1) is 0 Å². The minimum atomic E-state index is -0.230.